The van der Waals surface area contributed by atoms with Gasteiger partial charge in [0.25, 0.3) is 0 Å². The Morgan fingerprint density at radius 1 is 1.39 bits per heavy atom. The summed E-state index contributed by atoms with van der Waals surface area (Å²) >= 11 is 0. The highest BCUT2D eigenvalue weighted by Crippen LogP contribution is 2.27. The predicted molar refractivity (Wildman–Crippen MR) is 65.8 cm³/mol. The summed E-state index contributed by atoms with van der Waals surface area (Å²) in [7, 11) is 0. The molecule has 0 aromatic heterocycles. The van der Waals surface area contributed by atoms with Crippen LogP contribution in [0.15, 0.2) is 24.3 Å². The number of rotatable bonds is 3. The van der Waals surface area contributed by atoms with Crippen LogP contribution < -0.4 is 11.1 Å². The molecule has 2 rings (SSSR count). The number of aliphatic carboxylic acids is 1. The molecule has 0 bridgehead atoms. The minimum absolute atomic E-state index is 0.0515. The number of carboxylic acids is 1. The van der Waals surface area contributed by atoms with Crippen LogP contribution in [0.1, 0.15) is 23.5 Å². The summed E-state index contributed by atoms with van der Waals surface area (Å²) in [4.78, 5) is 22.4. The maximum Gasteiger partial charge on any atom is 0.316 e. The van der Waals surface area contributed by atoms with Crippen molar-refractivity contribution in [2.45, 2.75) is 18.9 Å². The van der Waals surface area contributed by atoms with Gasteiger partial charge in [-0.1, -0.05) is 24.3 Å². The van der Waals surface area contributed by atoms with Gasteiger partial charge in [0.05, 0.1) is 0 Å². The molecular weight excluding hydrogens is 232 g/mol. The van der Waals surface area contributed by atoms with Gasteiger partial charge < -0.3 is 16.2 Å². The van der Waals surface area contributed by atoms with Crippen LogP contribution in [0.25, 0.3) is 0 Å². The van der Waals surface area contributed by atoms with E-state index in [1.54, 1.807) is 0 Å². The molecule has 0 radical (unpaired) electrons. The van der Waals surface area contributed by atoms with Crippen molar-refractivity contribution in [1.82, 2.24) is 5.32 Å². The first kappa shape index (κ1) is 12.6. The van der Waals surface area contributed by atoms with Crippen LogP contribution in [-0.2, 0) is 16.1 Å². The molecule has 5 heteroatoms. The Morgan fingerprint density at radius 3 is 2.61 bits per heavy atom. The van der Waals surface area contributed by atoms with Crippen molar-refractivity contribution in [3.8, 4) is 0 Å². The van der Waals surface area contributed by atoms with Crippen LogP contribution in [0.5, 0.6) is 0 Å². The van der Waals surface area contributed by atoms with E-state index in [0.29, 0.717) is 19.5 Å². The van der Waals surface area contributed by atoms with E-state index in [9.17, 15) is 9.59 Å². The molecular formula is C13H16N2O3. The van der Waals surface area contributed by atoms with Gasteiger partial charge in [-0.2, -0.15) is 0 Å². The van der Waals surface area contributed by atoms with Gasteiger partial charge in [-0.05, 0) is 17.5 Å². The van der Waals surface area contributed by atoms with Crippen LogP contribution >= 0.6 is 0 Å². The van der Waals surface area contributed by atoms with Gasteiger partial charge >= 0.3 is 5.97 Å². The second kappa shape index (κ2) is 5.18. The summed E-state index contributed by atoms with van der Waals surface area (Å²) in [5.74, 6) is -2.35. The van der Waals surface area contributed by atoms with E-state index >= 15 is 0 Å². The highest BCUT2D eigenvalue weighted by atomic mass is 16.4. The number of piperidine rings is 1. The molecule has 1 aliphatic heterocycles. The lowest BCUT2D eigenvalue weighted by Crippen LogP contribution is -2.43. The summed E-state index contributed by atoms with van der Waals surface area (Å²) in [5.41, 5.74) is 7.60. The summed E-state index contributed by atoms with van der Waals surface area (Å²) in [6.07, 6.45) is 0.350. The van der Waals surface area contributed by atoms with E-state index in [-0.39, 0.29) is 5.92 Å². The third-order valence-electron chi connectivity index (χ3n) is 3.34. The first-order valence-electron chi connectivity index (χ1n) is 5.91. The topological polar surface area (TPSA) is 92.4 Å². The smallest absolute Gasteiger partial charge is 0.316 e. The van der Waals surface area contributed by atoms with Crippen molar-refractivity contribution in [1.29, 1.82) is 0 Å². The predicted octanol–water partition coefficient (Wildman–Crippen LogP) is 0.450. The number of nitrogens with one attached hydrogen (secondary N) is 1. The summed E-state index contributed by atoms with van der Waals surface area (Å²) in [5, 5.41) is 11.6. The monoisotopic (exact) mass is 248 g/mol. The average molecular weight is 248 g/mol. The maximum atomic E-state index is 11.4. The van der Waals surface area contributed by atoms with Crippen molar-refractivity contribution < 1.29 is 14.7 Å². The van der Waals surface area contributed by atoms with Gasteiger partial charge in [-0.3, -0.25) is 9.59 Å². The highest BCUT2D eigenvalue weighted by Gasteiger charge is 2.34. The Labute approximate surface area is 105 Å². The first-order valence-corrected chi connectivity index (χ1v) is 5.91. The van der Waals surface area contributed by atoms with Gasteiger partial charge in [0.2, 0.25) is 5.91 Å². The zero-order chi connectivity index (χ0) is 13.1. The Kier molecular flexibility index (Phi) is 3.62. The van der Waals surface area contributed by atoms with Crippen molar-refractivity contribution in [3.63, 3.8) is 0 Å². The van der Waals surface area contributed by atoms with Gasteiger partial charge in [0.15, 0.2) is 0 Å². The zero-order valence-corrected chi connectivity index (χ0v) is 9.93. The van der Waals surface area contributed by atoms with E-state index in [4.69, 9.17) is 10.8 Å². The molecule has 18 heavy (non-hydrogen) atoms. The minimum atomic E-state index is -1.06. The third kappa shape index (κ3) is 2.51. The Bertz CT molecular complexity index is 456. The number of nitrogens with two attached hydrogens (primary N) is 1. The maximum absolute atomic E-state index is 11.4. The molecule has 0 spiro atoms. The second-order valence-corrected chi connectivity index (χ2v) is 4.51. The summed E-state index contributed by atoms with van der Waals surface area (Å²) in [6, 6.07) is 7.76. The van der Waals surface area contributed by atoms with Gasteiger partial charge in [0, 0.05) is 19.0 Å². The minimum Gasteiger partial charge on any atom is -0.481 e. The van der Waals surface area contributed by atoms with Crippen LogP contribution in [0.2, 0.25) is 0 Å². The molecule has 1 fully saturated rings. The van der Waals surface area contributed by atoms with Crippen LogP contribution in [0, 0.1) is 5.92 Å². The fraction of sp³-hybridized carbons (Fsp3) is 0.385. The third-order valence-corrected chi connectivity index (χ3v) is 3.34. The van der Waals surface area contributed by atoms with Crippen molar-refractivity contribution in [2.75, 3.05) is 6.54 Å². The molecule has 1 aromatic carbocycles. The van der Waals surface area contributed by atoms with E-state index in [2.05, 4.69) is 5.32 Å². The molecule has 0 aliphatic carbocycles. The fourth-order valence-corrected chi connectivity index (χ4v) is 2.21. The molecule has 96 valence electrons. The quantitative estimate of drug-likeness (QED) is 0.677. The van der Waals surface area contributed by atoms with E-state index in [1.165, 1.54) is 0 Å². The fourth-order valence-electron chi connectivity index (χ4n) is 2.21. The molecule has 5 nitrogen and oxygen atoms in total. The lowest BCUT2D eigenvalue weighted by atomic mass is 9.85. The number of carbonyl (C=O) groups is 2. The zero-order valence-electron chi connectivity index (χ0n) is 9.93. The number of hydrogen-bond acceptors (Lipinski definition) is 3. The molecule has 0 unspecified atom stereocenters. The Morgan fingerprint density at radius 2 is 2.06 bits per heavy atom. The largest absolute Gasteiger partial charge is 0.481 e. The van der Waals surface area contributed by atoms with Crippen LogP contribution in [0.3, 0.4) is 0 Å². The number of carbonyl (C=O) groups excluding carboxylic acids is 1. The number of amides is 1. The van der Waals surface area contributed by atoms with E-state index in [0.717, 1.165) is 11.1 Å². The molecule has 2 atom stereocenters. The highest BCUT2D eigenvalue weighted by molar-refractivity contribution is 5.97. The molecule has 1 amide bonds. The Balaban J connectivity index is 2.13. The van der Waals surface area contributed by atoms with Gasteiger partial charge in [-0.25, -0.2) is 0 Å². The molecule has 4 N–H and O–H groups in total. The Hall–Kier alpha value is -1.88. The molecule has 1 heterocycles. The SMILES string of the molecule is NCc1ccc([C@H]2CNC(=O)[C@@H](C(=O)O)C2)cc1. The lowest BCUT2D eigenvalue weighted by molar-refractivity contribution is -0.148. The molecule has 0 saturated carbocycles. The van der Waals surface area contributed by atoms with Crippen LogP contribution in [0.4, 0.5) is 0 Å². The van der Waals surface area contributed by atoms with E-state index in [1.807, 2.05) is 24.3 Å². The van der Waals surface area contributed by atoms with Crippen molar-refractivity contribution in [2.24, 2.45) is 11.7 Å². The normalized spacial score (nSPS) is 23.5. The first-order chi connectivity index (χ1) is 8.61. The molecule has 1 saturated heterocycles. The van der Waals surface area contributed by atoms with Crippen molar-refractivity contribution >= 4 is 11.9 Å². The average Bonchev–Trinajstić information content (AvgIpc) is 2.39. The molecule has 1 aliphatic rings. The van der Waals surface area contributed by atoms with E-state index < -0.39 is 17.8 Å². The van der Waals surface area contributed by atoms with Gasteiger partial charge in [-0.15, -0.1) is 0 Å². The second-order valence-electron chi connectivity index (χ2n) is 4.51. The van der Waals surface area contributed by atoms with Crippen LogP contribution in [-0.4, -0.2) is 23.5 Å². The summed E-state index contributed by atoms with van der Waals surface area (Å²) < 4.78 is 0. The summed E-state index contributed by atoms with van der Waals surface area (Å²) in [6.45, 7) is 0.976. The number of carboxylic acid groups (broad SMARTS) is 1. The number of benzene rings is 1. The van der Waals surface area contributed by atoms with Crippen molar-refractivity contribution in [3.05, 3.63) is 35.4 Å². The van der Waals surface area contributed by atoms with Gasteiger partial charge in [0.1, 0.15) is 5.92 Å². The lowest BCUT2D eigenvalue weighted by Gasteiger charge is -2.27. The molecule has 1 aromatic rings. The number of hydrogen-bond donors (Lipinski definition) is 3. The standard InChI is InChI=1S/C13H16N2O3/c14-6-8-1-3-9(4-2-8)10-5-11(13(17)18)12(16)15-7-10/h1-4,10-11H,5-7,14H2,(H,15,16)(H,17,18)/t10-,11+/m1/s1.